The SMILES string of the molecule is CC1OCCC1(C)NC(=O)Nc1ccc(Br)c(C(=O)O)c1. The first kappa shape index (κ1) is 15.8. The standard InChI is InChI=1S/C14H17BrN2O4/c1-8-14(2,5-6-21-8)17-13(20)16-9-3-4-11(15)10(7-9)12(18)19/h3-4,7-8H,5-6H2,1-2H3,(H,18,19)(H2,16,17,20). The van der Waals surface area contributed by atoms with Crippen LogP contribution in [0.2, 0.25) is 0 Å². The molecule has 21 heavy (non-hydrogen) atoms. The number of carbonyl (C=O) groups excluding carboxylic acids is 1. The van der Waals surface area contributed by atoms with Crippen molar-refractivity contribution in [2.24, 2.45) is 0 Å². The molecule has 2 amide bonds. The van der Waals surface area contributed by atoms with E-state index in [9.17, 15) is 9.59 Å². The average Bonchev–Trinajstić information content (AvgIpc) is 2.71. The average molecular weight is 357 g/mol. The van der Waals surface area contributed by atoms with Gasteiger partial charge in [-0.05, 0) is 54.4 Å². The van der Waals surface area contributed by atoms with E-state index in [1.165, 1.54) is 6.07 Å². The van der Waals surface area contributed by atoms with E-state index < -0.39 is 11.5 Å². The number of carboxylic acids is 1. The number of carbonyl (C=O) groups is 2. The lowest BCUT2D eigenvalue weighted by Crippen LogP contribution is -2.52. The number of benzene rings is 1. The van der Waals surface area contributed by atoms with Crippen molar-refractivity contribution in [3.05, 3.63) is 28.2 Å². The molecule has 114 valence electrons. The molecule has 0 spiro atoms. The van der Waals surface area contributed by atoms with Crippen molar-refractivity contribution in [1.29, 1.82) is 0 Å². The first-order chi connectivity index (χ1) is 9.82. The van der Waals surface area contributed by atoms with Gasteiger partial charge < -0.3 is 20.5 Å². The molecule has 2 rings (SSSR count). The van der Waals surface area contributed by atoms with Gasteiger partial charge in [0.05, 0.1) is 17.2 Å². The van der Waals surface area contributed by atoms with E-state index >= 15 is 0 Å². The van der Waals surface area contributed by atoms with Crippen LogP contribution in [0.3, 0.4) is 0 Å². The first-order valence-corrected chi connectivity index (χ1v) is 7.35. The van der Waals surface area contributed by atoms with Gasteiger partial charge in [0.1, 0.15) is 0 Å². The van der Waals surface area contributed by atoms with Crippen LogP contribution in [0, 0.1) is 0 Å². The number of nitrogens with one attached hydrogen (secondary N) is 2. The molecule has 1 aromatic carbocycles. The number of ether oxygens (including phenoxy) is 1. The molecule has 1 aromatic rings. The number of urea groups is 1. The van der Waals surface area contributed by atoms with Gasteiger partial charge in [0.25, 0.3) is 0 Å². The monoisotopic (exact) mass is 356 g/mol. The van der Waals surface area contributed by atoms with Crippen molar-refractivity contribution in [2.45, 2.75) is 31.9 Å². The second-order valence-corrected chi connectivity index (χ2v) is 6.11. The molecule has 1 aliphatic rings. The van der Waals surface area contributed by atoms with Crippen LogP contribution in [0.4, 0.5) is 10.5 Å². The zero-order chi connectivity index (χ0) is 15.6. The number of halogens is 1. The van der Waals surface area contributed by atoms with E-state index in [1.54, 1.807) is 12.1 Å². The summed E-state index contributed by atoms with van der Waals surface area (Å²) in [5.74, 6) is -1.06. The summed E-state index contributed by atoms with van der Waals surface area (Å²) in [6.45, 7) is 4.45. The van der Waals surface area contributed by atoms with Gasteiger partial charge in [-0.1, -0.05) is 0 Å². The predicted octanol–water partition coefficient (Wildman–Crippen LogP) is 2.84. The topological polar surface area (TPSA) is 87.7 Å². The highest BCUT2D eigenvalue weighted by Gasteiger charge is 2.38. The Morgan fingerprint density at radius 1 is 1.48 bits per heavy atom. The molecule has 0 aliphatic carbocycles. The highest BCUT2D eigenvalue weighted by molar-refractivity contribution is 9.10. The van der Waals surface area contributed by atoms with E-state index in [0.717, 1.165) is 6.42 Å². The zero-order valence-electron chi connectivity index (χ0n) is 11.8. The summed E-state index contributed by atoms with van der Waals surface area (Å²) in [4.78, 5) is 23.1. The lowest BCUT2D eigenvalue weighted by molar-refractivity contribution is 0.0696. The number of aromatic carboxylic acids is 1. The van der Waals surface area contributed by atoms with Gasteiger partial charge in [-0.2, -0.15) is 0 Å². The number of carboxylic acid groups (broad SMARTS) is 1. The molecule has 0 aromatic heterocycles. The Bertz CT molecular complexity index is 578. The number of hydrogen-bond donors (Lipinski definition) is 3. The molecule has 0 bridgehead atoms. The van der Waals surface area contributed by atoms with Crippen molar-refractivity contribution in [2.75, 3.05) is 11.9 Å². The minimum Gasteiger partial charge on any atom is -0.478 e. The third-order valence-corrected chi connectivity index (χ3v) is 4.43. The fourth-order valence-corrected chi connectivity index (χ4v) is 2.60. The third kappa shape index (κ3) is 3.54. The van der Waals surface area contributed by atoms with Crippen LogP contribution < -0.4 is 10.6 Å². The van der Waals surface area contributed by atoms with Crippen LogP contribution in [-0.4, -0.2) is 35.4 Å². The molecule has 1 heterocycles. The molecule has 1 saturated heterocycles. The number of amides is 2. The van der Waals surface area contributed by atoms with Gasteiger partial charge in [0, 0.05) is 16.8 Å². The van der Waals surface area contributed by atoms with Crippen LogP contribution >= 0.6 is 15.9 Å². The Morgan fingerprint density at radius 3 is 2.76 bits per heavy atom. The summed E-state index contributed by atoms with van der Waals surface area (Å²) in [7, 11) is 0. The third-order valence-electron chi connectivity index (χ3n) is 3.74. The molecule has 3 N–H and O–H groups in total. The highest BCUT2D eigenvalue weighted by atomic mass is 79.9. The Hall–Kier alpha value is -1.60. The van der Waals surface area contributed by atoms with Crippen molar-refractivity contribution < 1.29 is 19.4 Å². The molecule has 1 aliphatic heterocycles. The normalized spacial score (nSPS) is 24.6. The molecule has 2 atom stereocenters. The second kappa shape index (κ2) is 6.03. The second-order valence-electron chi connectivity index (χ2n) is 5.26. The van der Waals surface area contributed by atoms with Gasteiger partial charge in [-0.15, -0.1) is 0 Å². The Balaban J connectivity index is 2.06. The van der Waals surface area contributed by atoms with Gasteiger partial charge in [-0.3, -0.25) is 0 Å². The van der Waals surface area contributed by atoms with Crippen molar-refractivity contribution in [1.82, 2.24) is 5.32 Å². The van der Waals surface area contributed by atoms with E-state index in [2.05, 4.69) is 26.6 Å². The van der Waals surface area contributed by atoms with Gasteiger partial charge in [-0.25, -0.2) is 9.59 Å². The van der Waals surface area contributed by atoms with Gasteiger partial charge in [0.15, 0.2) is 0 Å². The van der Waals surface area contributed by atoms with Crippen LogP contribution in [0.5, 0.6) is 0 Å². The Labute approximate surface area is 131 Å². The molecule has 1 fully saturated rings. The molecular weight excluding hydrogens is 340 g/mol. The van der Waals surface area contributed by atoms with Gasteiger partial charge >= 0.3 is 12.0 Å². The maximum absolute atomic E-state index is 12.0. The summed E-state index contributed by atoms with van der Waals surface area (Å²) in [6.07, 6.45) is 0.671. The van der Waals surface area contributed by atoms with Crippen LogP contribution in [0.1, 0.15) is 30.6 Å². The van der Waals surface area contributed by atoms with E-state index in [-0.39, 0.29) is 17.7 Å². The van der Waals surface area contributed by atoms with Crippen molar-refractivity contribution in [3.63, 3.8) is 0 Å². The van der Waals surface area contributed by atoms with Crippen LogP contribution in [-0.2, 0) is 4.74 Å². The van der Waals surface area contributed by atoms with E-state index in [4.69, 9.17) is 9.84 Å². The minimum absolute atomic E-state index is 0.0669. The molecule has 6 nitrogen and oxygen atoms in total. The summed E-state index contributed by atoms with van der Waals surface area (Å²) < 4.78 is 5.92. The largest absolute Gasteiger partial charge is 0.478 e. The molecular formula is C14H17BrN2O4. The molecule has 0 radical (unpaired) electrons. The van der Waals surface area contributed by atoms with Gasteiger partial charge in [0.2, 0.25) is 0 Å². The number of rotatable bonds is 3. The lowest BCUT2D eigenvalue weighted by Gasteiger charge is -2.28. The molecule has 0 saturated carbocycles. The van der Waals surface area contributed by atoms with Crippen molar-refractivity contribution >= 4 is 33.6 Å². The summed E-state index contributed by atoms with van der Waals surface area (Å²) >= 11 is 3.16. The maximum Gasteiger partial charge on any atom is 0.336 e. The summed E-state index contributed by atoms with van der Waals surface area (Å²) in [5, 5.41) is 14.6. The smallest absolute Gasteiger partial charge is 0.336 e. The Kier molecular flexibility index (Phi) is 4.53. The highest BCUT2D eigenvalue weighted by Crippen LogP contribution is 2.25. The maximum atomic E-state index is 12.0. The van der Waals surface area contributed by atoms with E-state index in [0.29, 0.717) is 16.8 Å². The summed E-state index contributed by atoms with van der Waals surface area (Å²) in [6, 6.07) is 4.24. The quantitative estimate of drug-likeness (QED) is 0.776. The van der Waals surface area contributed by atoms with Crippen LogP contribution in [0.15, 0.2) is 22.7 Å². The first-order valence-electron chi connectivity index (χ1n) is 6.55. The fourth-order valence-electron chi connectivity index (χ4n) is 2.19. The van der Waals surface area contributed by atoms with Crippen LogP contribution in [0.25, 0.3) is 0 Å². The summed E-state index contributed by atoms with van der Waals surface area (Å²) in [5.41, 5.74) is 0.0922. The predicted molar refractivity (Wildman–Crippen MR) is 81.7 cm³/mol. The fraction of sp³-hybridized carbons (Fsp3) is 0.429. The number of anilines is 1. The van der Waals surface area contributed by atoms with E-state index in [1.807, 2.05) is 13.8 Å². The zero-order valence-corrected chi connectivity index (χ0v) is 13.4. The van der Waals surface area contributed by atoms with Crippen molar-refractivity contribution in [3.8, 4) is 0 Å². The molecule has 2 unspecified atom stereocenters. The minimum atomic E-state index is -1.06. The Morgan fingerprint density at radius 2 is 2.19 bits per heavy atom. The number of hydrogen-bond acceptors (Lipinski definition) is 3. The molecule has 7 heteroatoms. The lowest BCUT2D eigenvalue weighted by atomic mass is 9.95.